The van der Waals surface area contributed by atoms with Crippen molar-refractivity contribution in [2.75, 3.05) is 11.5 Å². The molecule has 1 aromatic heterocycles. The second-order valence-corrected chi connectivity index (χ2v) is 8.47. The van der Waals surface area contributed by atoms with E-state index >= 15 is 0 Å². The van der Waals surface area contributed by atoms with Crippen LogP contribution < -0.4 is 9.64 Å². The van der Waals surface area contributed by atoms with Crippen LogP contribution >= 0.6 is 0 Å². The van der Waals surface area contributed by atoms with Gasteiger partial charge in [-0.25, -0.2) is 4.90 Å². The number of para-hydroxylation sites is 1. The van der Waals surface area contributed by atoms with Gasteiger partial charge in [-0.3, -0.25) is 9.59 Å². The second-order valence-electron chi connectivity index (χ2n) is 8.47. The van der Waals surface area contributed by atoms with Crippen molar-refractivity contribution in [2.24, 2.45) is 0 Å². The number of anilines is 1. The number of carbonyl (C=O) groups is 2. The maximum absolute atomic E-state index is 13.8. The molecule has 0 fully saturated rings. The summed E-state index contributed by atoms with van der Waals surface area (Å²) in [5.41, 5.74) is 6.24. The van der Waals surface area contributed by atoms with E-state index in [0.717, 1.165) is 22.6 Å². The Balaban J connectivity index is 1.63. The Morgan fingerprint density at radius 2 is 1.43 bits per heavy atom. The normalized spacial score (nSPS) is 14.4. The highest BCUT2D eigenvalue weighted by Gasteiger charge is 2.36. The summed E-state index contributed by atoms with van der Waals surface area (Å²) >= 11 is 0. The van der Waals surface area contributed by atoms with Crippen molar-refractivity contribution in [3.05, 3.63) is 113 Å². The number of aromatic nitrogens is 1. The van der Waals surface area contributed by atoms with Crippen LogP contribution in [0.1, 0.15) is 39.8 Å². The zero-order chi connectivity index (χ0) is 24.5. The molecule has 0 spiro atoms. The molecule has 3 aromatic carbocycles. The van der Waals surface area contributed by atoms with Crippen molar-refractivity contribution >= 4 is 29.2 Å². The van der Waals surface area contributed by atoms with Gasteiger partial charge in [0.25, 0.3) is 11.8 Å². The molecule has 0 bridgehead atoms. The highest BCUT2D eigenvalue weighted by atomic mass is 16.5. The maximum atomic E-state index is 13.8. The van der Waals surface area contributed by atoms with Crippen molar-refractivity contribution in [3.63, 3.8) is 0 Å². The van der Waals surface area contributed by atoms with Crippen LogP contribution in [-0.4, -0.2) is 23.0 Å². The summed E-state index contributed by atoms with van der Waals surface area (Å²) in [6.07, 6.45) is 1.90. The first-order valence-electron chi connectivity index (χ1n) is 11.7. The van der Waals surface area contributed by atoms with Crippen molar-refractivity contribution in [3.8, 4) is 11.4 Å². The quantitative estimate of drug-likeness (QED) is 0.261. The number of aryl methyl sites for hydroxylation is 1. The zero-order valence-corrected chi connectivity index (χ0v) is 20.0. The van der Waals surface area contributed by atoms with Crippen LogP contribution in [-0.2, 0) is 4.79 Å². The highest BCUT2D eigenvalue weighted by molar-refractivity contribution is 6.43. The van der Waals surface area contributed by atoms with E-state index < -0.39 is 0 Å². The van der Waals surface area contributed by atoms with Crippen LogP contribution in [0.4, 0.5) is 5.69 Å². The summed E-state index contributed by atoms with van der Waals surface area (Å²) < 4.78 is 7.69. The van der Waals surface area contributed by atoms with E-state index in [9.17, 15) is 9.59 Å². The lowest BCUT2D eigenvalue weighted by Gasteiger charge is -2.28. The Morgan fingerprint density at radius 3 is 2.11 bits per heavy atom. The predicted octanol–water partition coefficient (Wildman–Crippen LogP) is 6.22. The number of ether oxygens (including phenoxy) is 1. The second kappa shape index (κ2) is 9.11. The first kappa shape index (κ1) is 22.4. The van der Waals surface area contributed by atoms with Gasteiger partial charge in [0.1, 0.15) is 5.75 Å². The minimum atomic E-state index is -0.345. The number of imide groups is 1. The van der Waals surface area contributed by atoms with Crippen molar-refractivity contribution < 1.29 is 14.3 Å². The minimum absolute atomic E-state index is 0.332. The number of amides is 2. The monoisotopic (exact) mass is 462 g/mol. The predicted molar refractivity (Wildman–Crippen MR) is 139 cm³/mol. The van der Waals surface area contributed by atoms with E-state index in [2.05, 4.69) is 29.7 Å². The molecule has 2 heterocycles. The van der Waals surface area contributed by atoms with Gasteiger partial charge >= 0.3 is 0 Å². The van der Waals surface area contributed by atoms with E-state index in [1.165, 1.54) is 4.90 Å². The van der Waals surface area contributed by atoms with Gasteiger partial charge in [-0.2, -0.15) is 0 Å². The fourth-order valence-electron chi connectivity index (χ4n) is 4.65. The zero-order valence-electron chi connectivity index (χ0n) is 20.0. The first-order chi connectivity index (χ1) is 17.0. The van der Waals surface area contributed by atoms with Gasteiger partial charge in [0, 0.05) is 28.2 Å². The van der Waals surface area contributed by atoms with Gasteiger partial charge < -0.3 is 9.30 Å². The van der Waals surface area contributed by atoms with E-state index in [1.54, 1.807) is 30.3 Å². The lowest BCUT2D eigenvalue weighted by Crippen LogP contribution is -2.41. The molecule has 0 unspecified atom stereocenters. The van der Waals surface area contributed by atoms with Crippen LogP contribution in [0.2, 0.25) is 0 Å². The Hall–Kier alpha value is -4.38. The third kappa shape index (κ3) is 3.95. The number of nitrogens with zero attached hydrogens (tertiary/aromatic N) is 2. The number of benzene rings is 3. The van der Waals surface area contributed by atoms with Crippen molar-refractivity contribution in [1.82, 2.24) is 4.57 Å². The average Bonchev–Trinajstić information content (AvgIpc) is 3.16. The van der Waals surface area contributed by atoms with Crippen LogP contribution in [0.5, 0.6) is 5.75 Å². The molecule has 0 saturated heterocycles. The number of fused-ring (bicyclic) bond motifs is 1. The van der Waals surface area contributed by atoms with E-state index in [0.29, 0.717) is 34.7 Å². The molecule has 0 N–H and O–H groups in total. The van der Waals surface area contributed by atoms with Gasteiger partial charge in [0.05, 0.1) is 12.3 Å². The topological polar surface area (TPSA) is 51.5 Å². The largest absolute Gasteiger partial charge is 0.494 e. The summed E-state index contributed by atoms with van der Waals surface area (Å²) in [5.74, 6) is 0.0155. The summed E-state index contributed by atoms with van der Waals surface area (Å²) in [5, 5.41) is 0. The Morgan fingerprint density at radius 1 is 0.771 bits per heavy atom. The van der Waals surface area contributed by atoms with Gasteiger partial charge in [0.15, 0.2) is 0 Å². The Kier molecular flexibility index (Phi) is 5.83. The summed E-state index contributed by atoms with van der Waals surface area (Å²) in [7, 11) is 0. The van der Waals surface area contributed by atoms with Crippen LogP contribution in [0.15, 0.2) is 84.9 Å². The number of hydrogen-bond donors (Lipinski definition) is 0. The van der Waals surface area contributed by atoms with E-state index in [4.69, 9.17) is 4.74 Å². The molecule has 35 heavy (non-hydrogen) atoms. The van der Waals surface area contributed by atoms with Crippen LogP contribution in [0.3, 0.4) is 0 Å². The molecule has 5 heteroatoms. The van der Waals surface area contributed by atoms with E-state index in [1.807, 2.05) is 56.3 Å². The Labute approximate surface area is 204 Å². The maximum Gasteiger partial charge on any atom is 0.265 e. The molecule has 5 rings (SSSR count). The molecule has 0 saturated carbocycles. The van der Waals surface area contributed by atoms with Gasteiger partial charge in [-0.05, 0) is 86.5 Å². The minimum Gasteiger partial charge on any atom is -0.494 e. The summed E-state index contributed by atoms with van der Waals surface area (Å²) in [4.78, 5) is 28.4. The third-order valence-electron chi connectivity index (χ3n) is 6.27. The Bertz CT molecular complexity index is 1450. The molecule has 1 aliphatic heterocycles. The number of hydrogen-bond acceptors (Lipinski definition) is 3. The summed E-state index contributed by atoms with van der Waals surface area (Å²) in [6.45, 7) is 6.55. The lowest BCUT2D eigenvalue weighted by molar-refractivity contribution is -0.112. The van der Waals surface area contributed by atoms with Crippen molar-refractivity contribution in [1.29, 1.82) is 0 Å². The molecule has 4 aromatic rings. The molecule has 5 nitrogen and oxygen atoms in total. The lowest BCUT2D eigenvalue weighted by atomic mass is 9.91. The third-order valence-corrected chi connectivity index (χ3v) is 6.27. The number of carbonyl (C=O) groups excluding carboxylic acids is 2. The molecular formula is C30H26N2O3. The molecule has 0 atom stereocenters. The standard InChI is InChI=1S/C30H26N2O3/c1-4-35-25-16-14-24(15-17-25)32-29(33)27-13-9-8-12-26(27)28(30(32)34)19-22-18-20(2)31(21(22)3)23-10-6-5-7-11-23/h5-19H,4H2,1-3H3. The fourth-order valence-corrected chi connectivity index (χ4v) is 4.65. The van der Waals surface area contributed by atoms with Gasteiger partial charge in [-0.1, -0.05) is 36.4 Å². The molecular weight excluding hydrogens is 436 g/mol. The molecule has 1 aliphatic rings. The fraction of sp³-hybridized carbons (Fsp3) is 0.133. The van der Waals surface area contributed by atoms with E-state index in [-0.39, 0.29) is 11.8 Å². The highest BCUT2D eigenvalue weighted by Crippen LogP contribution is 2.35. The van der Waals surface area contributed by atoms with Gasteiger partial charge in [0.2, 0.25) is 0 Å². The molecule has 2 amide bonds. The molecule has 174 valence electrons. The smallest absolute Gasteiger partial charge is 0.265 e. The SMILES string of the molecule is CCOc1ccc(N2C(=O)C(=Cc3cc(C)n(-c4ccccc4)c3C)c3ccccc3C2=O)cc1. The molecule has 0 radical (unpaired) electrons. The molecule has 0 aliphatic carbocycles. The first-order valence-corrected chi connectivity index (χ1v) is 11.7. The van der Waals surface area contributed by atoms with Crippen LogP contribution in [0.25, 0.3) is 17.3 Å². The summed E-state index contributed by atoms with van der Waals surface area (Å²) in [6, 6.07) is 26.5. The average molecular weight is 463 g/mol. The van der Waals surface area contributed by atoms with Crippen LogP contribution in [0, 0.1) is 13.8 Å². The van der Waals surface area contributed by atoms with Crippen molar-refractivity contribution in [2.45, 2.75) is 20.8 Å². The van der Waals surface area contributed by atoms with Gasteiger partial charge in [-0.15, -0.1) is 0 Å². The number of rotatable bonds is 5.